The number of likely N-dealkylation sites (tertiary alicyclic amines) is 1. The van der Waals surface area contributed by atoms with Crippen LogP contribution >= 0.6 is 0 Å². The molecular weight excluding hydrogens is 456 g/mol. The van der Waals surface area contributed by atoms with Crippen LogP contribution in [-0.2, 0) is 14.9 Å². The average Bonchev–Trinajstić information content (AvgIpc) is 2.94. The Labute approximate surface area is 221 Å². The number of hydrogen-bond acceptors (Lipinski definition) is 3. The van der Waals surface area contributed by atoms with Crippen molar-refractivity contribution < 1.29 is 9.53 Å². The van der Waals surface area contributed by atoms with E-state index in [1.807, 2.05) is 0 Å². The van der Waals surface area contributed by atoms with Gasteiger partial charge in [-0.2, -0.15) is 0 Å². The first-order valence-corrected chi connectivity index (χ1v) is 13.9. The summed E-state index contributed by atoms with van der Waals surface area (Å²) >= 11 is 0. The summed E-state index contributed by atoms with van der Waals surface area (Å²) in [7, 11) is 0. The molecule has 37 heavy (non-hydrogen) atoms. The average molecular weight is 495 g/mol. The Morgan fingerprint density at radius 2 is 1.41 bits per heavy atom. The predicted molar refractivity (Wildman–Crippen MR) is 148 cm³/mol. The number of ether oxygens (including phenoxy) is 1. The number of morpholine rings is 1. The van der Waals surface area contributed by atoms with Gasteiger partial charge in [0.1, 0.15) is 0 Å². The molecule has 3 atom stereocenters. The number of nitrogens with zero attached hydrogens (tertiary/aromatic N) is 2. The minimum absolute atomic E-state index is 0.0444. The summed E-state index contributed by atoms with van der Waals surface area (Å²) in [5.74, 6) is 0.651. The van der Waals surface area contributed by atoms with Crippen LogP contribution in [-0.4, -0.2) is 61.1 Å². The Kier molecular flexibility index (Phi) is 6.88. The van der Waals surface area contributed by atoms with E-state index < -0.39 is 0 Å². The highest BCUT2D eigenvalue weighted by atomic mass is 16.5. The lowest BCUT2D eigenvalue weighted by Crippen LogP contribution is -2.63. The molecule has 3 aliphatic rings. The molecule has 192 valence electrons. The standard InChI is InChI=1S/C33H38N2O2/c1-25-10-8-9-15-29(25)31-22-28(34-18-20-37-21-19-34)16-17-30(31)32(36)35-23-33(24-35,26-11-4-2-5-12-26)27-13-6-3-7-14-27/h2-15,28,30-31H,16-24H2,1H3/t28-,30-,31+/m1/s1. The van der Waals surface area contributed by atoms with E-state index in [4.69, 9.17) is 4.74 Å². The van der Waals surface area contributed by atoms with Crippen molar-refractivity contribution in [2.24, 2.45) is 5.92 Å². The van der Waals surface area contributed by atoms with Gasteiger partial charge in [0.2, 0.25) is 5.91 Å². The molecule has 3 aromatic rings. The second kappa shape index (κ2) is 10.4. The first kappa shape index (κ1) is 24.4. The number of rotatable bonds is 5. The molecule has 2 heterocycles. The van der Waals surface area contributed by atoms with Crippen molar-refractivity contribution in [3.63, 3.8) is 0 Å². The molecule has 4 heteroatoms. The molecule has 0 aromatic heterocycles. The van der Waals surface area contributed by atoms with E-state index in [0.717, 1.165) is 58.7 Å². The molecule has 0 radical (unpaired) electrons. The van der Waals surface area contributed by atoms with Crippen molar-refractivity contribution in [1.82, 2.24) is 9.80 Å². The second-order valence-electron chi connectivity index (χ2n) is 11.2. The van der Waals surface area contributed by atoms with Gasteiger partial charge in [-0.25, -0.2) is 0 Å². The molecule has 3 fully saturated rings. The molecular formula is C33H38N2O2. The highest BCUT2D eigenvalue weighted by Crippen LogP contribution is 2.46. The Morgan fingerprint density at radius 3 is 2.03 bits per heavy atom. The quantitative estimate of drug-likeness (QED) is 0.476. The third-order valence-corrected chi connectivity index (χ3v) is 9.18. The highest BCUT2D eigenvalue weighted by Gasteiger charge is 2.50. The van der Waals surface area contributed by atoms with Gasteiger partial charge in [-0.05, 0) is 54.4 Å². The van der Waals surface area contributed by atoms with Gasteiger partial charge >= 0.3 is 0 Å². The van der Waals surface area contributed by atoms with Crippen LogP contribution in [0.25, 0.3) is 0 Å². The van der Waals surface area contributed by atoms with Crippen LogP contribution in [0, 0.1) is 12.8 Å². The van der Waals surface area contributed by atoms with E-state index >= 15 is 0 Å². The molecule has 1 amide bonds. The molecule has 2 saturated heterocycles. The van der Waals surface area contributed by atoms with Gasteiger partial charge < -0.3 is 9.64 Å². The summed E-state index contributed by atoms with van der Waals surface area (Å²) in [6, 6.07) is 30.7. The Bertz CT molecular complexity index is 1160. The molecule has 0 N–H and O–H groups in total. The van der Waals surface area contributed by atoms with Gasteiger partial charge in [-0.15, -0.1) is 0 Å². The van der Waals surface area contributed by atoms with Gasteiger partial charge in [0.05, 0.1) is 18.6 Å². The third-order valence-electron chi connectivity index (χ3n) is 9.18. The highest BCUT2D eigenvalue weighted by molar-refractivity contribution is 5.82. The zero-order valence-electron chi connectivity index (χ0n) is 21.9. The number of aryl methyl sites for hydroxylation is 1. The minimum Gasteiger partial charge on any atom is -0.379 e. The Morgan fingerprint density at radius 1 is 0.811 bits per heavy atom. The molecule has 4 nitrogen and oxygen atoms in total. The van der Waals surface area contributed by atoms with Crippen LogP contribution in [0.5, 0.6) is 0 Å². The van der Waals surface area contributed by atoms with Gasteiger partial charge in [-0.1, -0.05) is 84.9 Å². The lowest BCUT2D eigenvalue weighted by Gasteiger charge is -2.53. The van der Waals surface area contributed by atoms with E-state index in [1.165, 1.54) is 22.3 Å². The lowest BCUT2D eigenvalue weighted by atomic mass is 9.66. The lowest BCUT2D eigenvalue weighted by molar-refractivity contribution is -0.144. The topological polar surface area (TPSA) is 32.8 Å². The van der Waals surface area contributed by atoms with Crippen LogP contribution < -0.4 is 0 Å². The summed E-state index contributed by atoms with van der Waals surface area (Å²) < 4.78 is 5.62. The second-order valence-corrected chi connectivity index (χ2v) is 11.2. The van der Waals surface area contributed by atoms with Crippen molar-refractivity contribution in [2.75, 3.05) is 39.4 Å². The monoisotopic (exact) mass is 494 g/mol. The van der Waals surface area contributed by atoms with Crippen LogP contribution in [0.15, 0.2) is 84.9 Å². The molecule has 6 rings (SSSR count). The Balaban J connectivity index is 1.26. The van der Waals surface area contributed by atoms with Crippen LogP contribution in [0.1, 0.15) is 47.4 Å². The summed E-state index contributed by atoms with van der Waals surface area (Å²) in [4.78, 5) is 19.0. The van der Waals surface area contributed by atoms with Crippen molar-refractivity contribution in [1.29, 1.82) is 0 Å². The number of carbonyl (C=O) groups is 1. The summed E-state index contributed by atoms with van der Waals surface area (Å²) in [6.07, 6.45) is 3.10. The first-order valence-electron chi connectivity index (χ1n) is 13.9. The van der Waals surface area contributed by atoms with Crippen molar-refractivity contribution in [3.8, 4) is 0 Å². The maximum absolute atomic E-state index is 14.2. The SMILES string of the molecule is Cc1ccccc1[C@@H]1C[C@H](N2CCOCC2)CC[C@H]1C(=O)N1CC(c2ccccc2)(c2ccccc2)C1. The number of hydrogen-bond donors (Lipinski definition) is 0. The summed E-state index contributed by atoms with van der Waals surface area (Å²) in [5.41, 5.74) is 5.14. The predicted octanol–water partition coefficient (Wildman–Crippen LogP) is 5.41. The third kappa shape index (κ3) is 4.62. The molecule has 1 saturated carbocycles. The zero-order valence-corrected chi connectivity index (χ0v) is 21.9. The number of amides is 1. The van der Waals surface area contributed by atoms with E-state index in [-0.39, 0.29) is 17.3 Å². The smallest absolute Gasteiger partial charge is 0.226 e. The summed E-state index contributed by atoms with van der Waals surface area (Å²) in [5, 5.41) is 0. The molecule has 0 unspecified atom stereocenters. The van der Waals surface area contributed by atoms with Crippen LogP contribution in [0.3, 0.4) is 0 Å². The van der Waals surface area contributed by atoms with Gasteiger partial charge in [0.15, 0.2) is 0 Å². The van der Waals surface area contributed by atoms with E-state index in [9.17, 15) is 4.79 Å². The normalized spacial score (nSPS) is 25.9. The van der Waals surface area contributed by atoms with Crippen molar-refractivity contribution in [3.05, 3.63) is 107 Å². The minimum atomic E-state index is -0.124. The van der Waals surface area contributed by atoms with E-state index in [0.29, 0.717) is 11.9 Å². The number of carbonyl (C=O) groups excluding carboxylic acids is 1. The summed E-state index contributed by atoms with van der Waals surface area (Å²) in [6.45, 7) is 7.37. The zero-order chi connectivity index (χ0) is 25.2. The fourth-order valence-electron chi connectivity index (χ4n) is 7.11. The maximum Gasteiger partial charge on any atom is 0.226 e. The fraction of sp³-hybridized carbons (Fsp3) is 0.424. The molecule has 2 aliphatic heterocycles. The van der Waals surface area contributed by atoms with Gasteiger partial charge in [0.25, 0.3) is 0 Å². The maximum atomic E-state index is 14.2. The van der Waals surface area contributed by atoms with Gasteiger partial charge in [0, 0.05) is 38.1 Å². The number of benzene rings is 3. The van der Waals surface area contributed by atoms with E-state index in [1.54, 1.807) is 0 Å². The largest absolute Gasteiger partial charge is 0.379 e. The molecule has 0 spiro atoms. The van der Waals surface area contributed by atoms with Gasteiger partial charge in [-0.3, -0.25) is 9.69 Å². The molecule has 3 aromatic carbocycles. The van der Waals surface area contributed by atoms with Crippen molar-refractivity contribution in [2.45, 2.75) is 43.6 Å². The van der Waals surface area contributed by atoms with Crippen LogP contribution in [0.4, 0.5) is 0 Å². The van der Waals surface area contributed by atoms with Crippen molar-refractivity contribution >= 4 is 5.91 Å². The van der Waals surface area contributed by atoms with Crippen LogP contribution in [0.2, 0.25) is 0 Å². The molecule has 0 bridgehead atoms. The molecule has 1 aliphatic carbocycles. The van der Waals surface area contributed by atoms with E-state index in [2.05, 4.69) is 102 Å². The fourth-order valence-corrected chi connectivity index (χ4v) is 7.11. The first-order chi connectivity index (χ1) is 18.2. The Hall–Kier alpha value is -2.95.